The van der Waals surface area contributed by atoms with Gasteiger partial charge < -0.3 is 16.8 Å². The molecule has 3 amide bonds. The molecule has 1 aromatic heterocycles. The third kappa shape index (κ3) is 5.51. The van der Waals surface area contributed by atoms with Crippen LogP contribution in [0.25, 0.3) is 0 Å². The summed E-state index contributed by atoms with van der Waals surface area (Å²) in [4.78, 5) is 41.1. The highest BCUT2D eigenvalue weighted by Gasteiger charge is 2.37. The van der Waals surface area contributed by atoms with Crippen molar-refractivity contribution in [2.24, 2.45) is 5.73 Å². The van der Waals surface area contributed by atoms with Crippen LogP contribution in [0.15, 0.2) is 42.5 Å². The van der Waals surface area contributed by atoms with E-state index in [1.165, 1.54) is 4.90 Å². The summed E-state index contributed by atoms with van der Waals surface area (Å²) in [5.74, 6) is -1.72. The van der Waals surface area contributed by atoms with Crippen LogP contribution >= 0.6 is 11.5 Å². The van der Waals surface area contributed by atoms with Gasteiger partial charge in [0.25, 0.3) is 11.8 Å². The van der Waals surface area contributed by atoms with Crippen LogP contribution in [0.3, 0.4) is 0 Å². The maximum atomic E-state index is 14.1. The quantitative estimate of drug-likeness (QED) is 0.477. The number of amides is 3. The summed E-state index contributed by atoms with van der Waals surface area (Å²) in [7, 11) is 0. The van der Waals surface area contributed by atoms with Gasteiger partial charge in [0.05, 0.1) is 5.69 Å². The van der Waals surface area contributed by atoms with Crippen molar-refractivity contribution in [2.45, 2.75) is 53.1 Å². The second-order valence-corrected chi connectivity index (χ2v) is 10.4. The number of nitrogens with zero attached hydrogens (tertiary/aromatic N) is 2. The molecule has 0 aliphatic rings. The molecule has 0 radical (unpaired) electrons. The minimum absolute atomic E-state index is 0.0420. The summed E-state index contributed by atoms with van der Waals surface area (Å²) in [5.41, 5.74) is 14.7. The van der Waals surface area contributed by atoms with Crippen molar-refractivity contribution in [3.05, 3.63) is 75.3 Å². The van der Waals surface area contributed by atoms with Gasteiger partial charge in [0.15, 0.2) is 5.69 Å². The molecule has 0 fully saturated rings. The molecule has 1 atom stereocenters. The fraction of sp³-hybridized carbons (Fsp3) is 0.308. The first-order chi connectivity index (χ1) is 16.3. The summed E-state index contributed by atoms with van der Waals surface area (Å²) in [6.07, 6.45) is 0. The number of nitrogens with two attached hydrogens (primary N) is 2. The number of rotatable bonds is 6. The first-order valence-corrected chi connectivity index (χ1v) is 11.9. The summed E-state index contributed by atoms with van der Waals surface area (Å²) in [6, 6.07) is 12.0. The lowest BCUT2D eigenvalue weighted by Crippen LogP contribution is -2.49. The number of nitrogens with one attached hydrogen (secondary N) is 1. The van der Waals surface area contributed by atoms with E-state index in [2.05, 4.69) is 9.69 Å². The average Bonchev–Trinajstić information content (AvgIpc) is 3.15. The highest BCUT2D eigenvalue weighted by Crippen LogP contribution is 2.36. The number of nitrogen functional groups attached to an aromatic ring is 1. The minimum atomic E-state index is -1.01. The van der Waals surface area contributed by atoms with Gasteiger partial charge in [-0.2, -0.15) is 4.37 Å². The molecule has 0 spiro atoms. The van der Waals surface area contributed by atoms with Gasteiger partial charge in [-0.15, -0.1) is 0 Å². The predicted octanol–water partition coefficient (Wildman–Crippen LogP) is 4.05. The topological polar surface area (TPSA) is 131 Å². The molecule has 2 aromatic carbocycles. The second-order valence-electron chi connectivity index (χ2n) is 9.58. The summed E-state index contributed by atoms with van der Waals surface area (Å²) in [5, 5.41) is 3.01. The normalized spacial score (nSPS) is 12.2. The molecule has 0 bridgehead atoms. The monoisotopic (exact) mass is 493 g/mol. The van der Waals surface area contributed by atoms with Crippen LogP contribution < -0.4 is 21.7 Å². The first-order valence-electron chi connectivity index (χ1n) is 11.1. The molecule has 0 saturated carbocycles. The minimum Gasteiger partial charge on any atom is -0.395 e. The third-order valence-corrected chi connectivity index (χ3v) is 6.46. The molecular weight excluding hydrogens is 462 g/mol. The van der Waals surface area contributed by atoms with E-state index in [1.54, 1.807) is 6.07 Å². The molecular formula is C26H31N5O3S. The molecule has 1 heterocycles. The molecule has 184 valence electrons. The van der Waals surface area contributed by atoms with Gasteiger partial charge in [0.2, 0.25) is 5.91 Å². The Balaban J connectivity index is 2.29. The average molecular weight is 494 g/mol. The number of aromatic nitrogens is 1. The second kappa shape index (κ2) is 9.87. The molecule has 0 aliphatic carbocycles. The molecule has 3 rings (SSSR count). The standard InChI is InChI=1S/C26H31N5O3S/c1-14-10-12-17(13-11-14)21(24(33)29-26(4,5)6)31(18-9-7-8-15(2)16(18)3)25(34)22-19(27)20(23(28)32)30-35-22/h7-13,21H,27H2,1-6H3,(H2,28,32)(H,29,33). The van der Waals surface area contributed by atoms with E-state index < -0.39 is 23.4 Å². The molecule has 3 aromatic rings. The van der Waals surface area contributed by atoms with Crippen molar-refractivity contribution in [1.29, 1.82) is 0 Å². The summed E-state index contributed by atoms with van der Waals surface area (Å²) >= 11 is 0.787. The van der Waals surface area contributed by atoms with Gasteiger partial charge in [-0.05, 0) is 75.8 Å². The molecule has 5 N–H and O–H groups in total. The Labute approximate surface area is 209 Å². The maximum absolute atomic E-state index is 14.1. The zero-order chi connectivity index (χ0) is 26.1. The fourth-order valence-corrected chi connectivity index (χ4v) is 4.45. The number of carbonyl (C=O) groups excluding carboxylic acids is 3. The Morgan fingerprint density at radius 2 is 1.66 bits per heavy atom. The van der Waals surface area contributed by atoms with Crippen molar-refractivity contribution < 1.29 is 14.4 Å². The fourth-order valence-electron chi connectivity index (χ4n) is 3.71. The number of hydrogen-bond donors (Lipinski definition) is 3. The molecule has 9 heteroatoms. The van der Waals surface area contributed by atoms with E-state index in [9.17, 15) is 14.4 Å². The number of anilines is 2. The zero-order valence-electron chi connectivity index (χ0n) is 20.8. The molecule has 0 saturated heterocycles. The van der Waals surface area contributed by atoms with Crippen molar-refractivity contribution >= 4 is 40.6 Å². The number of aryl methyl sites for hydroxylation is 2. The van der Waals surface area contributed by atoms with Crippen molar-refractivity contribution in [3.8, 4) is 0 Å². The number of hydrogen-bond acceptors (Lipinski definition) is 6. The lowest BCUT2D eigenvalue weighted by Gasteiger charge is -2.34. The number of primary amides is 1. The predicted molar refractivity (Wildman–Crippen MR) is 140 cm³/mol. The van der Waals surface area contributed by atoms with Crippen LogP contribution in [0.5, 0.6) is 0 Å². The van der Waals surface area contributed by atoms with E-state index in [4.69, 9.17) is 11.5 Å². The van der Waals surface area contributed by atoms with Crippen LogP contribution in [-0.2, 0) is 4.79 Å². The lowest BCUT2D eigenvalue weighted by molar-refractivity contribution is -0.123. The van der Waals surface area contributed by atoms with Crippen LogP contribution in [0, 0.1) is 20.8 Å². The van der Waals surface area contributed by atoms with Crippen molar-refractivity contribution in [3.63, 3.8) is 0 Å². The zero-order valence-corrected chi connectivity index (χ0v) is 21.6. The van der Waals surface area contributed by atoms with Gasteiger partial charge in [-0.3, -0.25) is 19.3 Å². The van der Waals surface area contributed by atoms with E-state index in [0.717, 1.165) is 28.2 Å². The first kappa shape index (κ1) is 25.9. The maximum Gasteiger partial charge on any atom is 0.273 e. The Morgan fingerprint density at radius 3 is 2.20 bits per heavy atom. The SMILES string of the molecule is Cc1ccc(C(C(=O)NC(C)(C)C)N(C(=O)c2snc(C(N)=O)c2N)c2cccc(C)c2C)cc1. The van der Waals surface area contributed by atoms with E-state index in [-0.39, 0.29) is 22.2 Å². The Bertz CT molecular complexity index is 1280. The molecule has 8 nitrogen and oxygen atoms in total. The Morgan fingerprint density at radius 1 is 1.03 bits per heavy atom. The summed E-state index contributed by atoms with van der Waals surface area (Å²) in [6.45, 7) is 11.4. The van der Waals surface area contributed by atoms with Crippen LogP contribution in [-0.4, -0.2) is 27.6 Å². The van der Waals surface area contributed by atoms with E-state index in [0.29, 0.717) is 11.3 Å². The van der Waals surface area contributed by atoms with Crippen LogP contribution in [0.2, 0.25) is 0 Å². The Hall–Kier alpha value is -3.72. The van der Waals surface area contributed by atoms with E-state index in [1.807, 2.05) is 77.9 Å². The Kier molecular flexibility index (Phi) is 7.30. The van der Waals surface area contributed by atoms with Gasteiger partial charge in [-0.25, -0.2) is 0 Å². The van der Waals surface area contributed by atoms with Gasteiger partial charge >= 0.3 is 0 Å². The van der Waals surface area contributed by atoms with Crippen molar-refractivity contribution in [1.82, 2.24) is 9.69 Å². The number of carbonyl (C=O) groups is 3. The third-order valence-electron chi connectivity index (χ3n) is 5.61. The molecule has 0 aliphatic heterocycles. The van der Waals surface area contributed by atoms with Gasteiger partial charge in [-0.1, -0.05) is 42.0 Å². The van der Waals surface area contributed by atoms with Gasteiger partial charge in [0.1, 0.15) is 10.9 Å². The molecule has 35 heavy (non-hydrogen) atoms. The smallest absolute Gasteiger partial charge is 0.273 e. The molecule has 1 unspecified atom stereocenters. The highest BCUT2D eigenvalue weighted by molar-refractivity contribution is 7.09. The lowest BCUT2D eigenvalue weighted by atomic mass is 9.98. The summed E-state index contributed by atoms with van der Waals surface area (Å²) < 4.78 is 3.99. The van der Waals surface area contributed by atoms with Crippen LogP contribution in [0.4, 0.5) is 11.4 Å². The largest absolute Gasteiger partial charge is 0.395 e. The van der Waals surface area contributed by atoms with Crippen molar-refractivity contribution in [2.75, 3.05) is 10.6 Å². The number of benzene rings is 2. The van der Waals surface area contributed by atoms with Gasteiger partial charge in [0, 0.05) is 11.2 Å². The highest BCUT2D eigenvalue weighted by atomic mass is 32.1. The van der Waals surface area contributed by atoms with E-state index >= 15 is 0 Å². The van der Waals surface area contributed by atoms with Crippen LogP contribution in [0.1, 0.15) is 69.2 Å².